The maximum Gasteiger partial charge on any atom is 0.248 e. The lowest BCUT2D eigenvalue weighted by Gasteiger charge is -2.04. The molecule has 0 saturated heterocycles. The molecule has 0 aliphatic rings. The van der Waals surface area contributed by atoms with E-state index in [4.69, 9.17) is 5.73 Å². The number of hydrogen-bond donors (Lipinski definition) is 1. The number of allylic oxidation sites excluding steroid dienone is 1. The SMILES string of the molecule is C=C(Br)Cc1ccccc1C(N)=O. The molecular formula is C10H10BrNO. The molecule has 0 bridgehead atoms. The molecule has 0 aliphatic carbocycles. The first-order chi connectivity index (χ1) is 6.11. The molecule has 0 fully saturated rings. The van der Waals surface area contributed by atoms with Crippen molar-refractivity contribution >= 4 is 21.8 Å². The van der Waals surface area contributed by atoms with Crippen molar-refractivity contribution in [2.24, 2.45) is 5.73 Å². The number of nitrogens with two attached hydrogens (primary N) is 1. The third-order valence-electron chi connectivity index (χ3n) is 1.67. The summed E-state index contributed by atoms with van der Waals surface area (Å²) >= 11 is 3.25. The van der Waals surface area contributed by atoms with Crippen molar-refractivity contribution in [2.45, 2.75) is 6.42 Å². The molecule has 3 heteroatoms. The van der Waals surface area contributed by atoms with Gasteiger partial charge in [-0.3, -0.25) is 4.79 Å². The molecule has 0 saturated carbocycles. The summed E-state index contributed by atoms with van der Waals surface area (Å²) in [6.07, 6.45) is 0.624. The van der Waals surface area contributed by atoms with Gasteiger partial charge in [0, 0.05) is 12.0 Å². The highest BCUT2D eigenvalue weighted by molar-refractivity contribution is 9.11. The van der Waals surface area contributed by atoms with Crippen molar-refractivity contribution in [3.05, 3.63) is 46.5 Å². The van der Waals surface area contributed by atoms with E-state index in [9.17, 15) is 4.79 Å². The zero-order chi connectivity index (χ0) is 9.84. The smallest absolute Gasteiger partial charge is 0.248 e. The number of benzene rings is 1. The summed E-state index contributed by atoms with van der Waals surface area (Å²) < 4.78 is 0.834. The molecule has 0 aliphatic heterocycles. The first-order valence-electron chi connectivity index (χ1n) is 3.82. The molecule has 1 amide bonds. The van der Waals surface area contributed by atoms with Crippen LogP contribution in [0.4, 0.5) is 0 Å². The van der Waals surface area contributed by atoms with E-state index in [1.54, 1.807) is 12.1 Å². The molecule has 0 atom stereocenters. The van der Waals surface area contributed by atoms with E-state index in [1.807, 2.05) is 12.1 Å². The normalized spacial score (nSPS) is 9.62. The fourth-order valence-corrected chi connectivity index (χ4v) is 1.42. The Morgan fingerprint density at radius 1 is 1.46 bits per heavy atom. The van der Waals surface area contributed by atoms with E-state index < -0.39 is 5.91 Å². The van der Waals surface area contributed by atoms with Gasteiger partial charge in [-0.2, -0.15) is 0 Å². The zero-order valence-electron chi connectivity index (χ0n) is 7.09. The second-order valence-electron chi connectivity index (χ2n) is 2.72. The van der Waals surface area contributed by atoms with Crippen LogP contribution in [0.1, 0.15) is 15.9 Å². The van der Waals surface area contributed by atoms with Crippen LogP contribution >= 0.6 is 15.9 Å². The maximum absolute atomic E-state index is 11.0. The van der Waals surface area contributed by atoms with Gasteiger partial charge in [0.25, 0.3) is 0 Å². The van der Waals surface area contributed by atoms with Crippen LogP contribution in [0.25, 0.3) is 0 Å². The fourth-order valence-electron chi connectivity index (χ4n) is 1.12. The average Bonchev–Trinajstić information content (AvgIpc) is 2.03. The Hall–Kier alpha value is -1.09. The Labute approximate surface area is 85.6 Å². The Bertz CT molecular complexity index is 347. The highest BCUT2D eigenvalue weighted by Gasteiger charge is 2.06. The molecule has 1 aromatic rings. The fraction of sp³-hybridized carbons (Fsp3) is 0.100. The number of hydrogen-bond acceptors (Lipinski definition) is 1. The van der Waals surface area contributed by atoms with Crippen molar-refractivity contribution in [1.82, 2.24) is 0 Å². The van der Waals surface area contributed by atoms with Gasteiger partial charge in [-0.1, -0.05) is 40.7 Å². The van der Waals surface area contributed by atoms with Gasteiger partial charge >= 0.3 is 0 Å². The van der Waals surface area contributed by atoms with Crippen LogP contribution in [0.2, 0.25) is 0 Å². The number of rotatable bonds is 3. The summed E-state index contributed by atoms with van der Waals surface area (Å²) in [6.45, 7) is 3.72. The summed E-state index contributed by atoms with van der Waals surface area (Å²) in [6, 6.07) is 7.25. The molecule has 1 aromatic carbocycles. The molecule has 1 rings (SSSR count). The van der Waals surface area contributed by atoms with Crippen molar-refractivity contribution in [3.8, 4) is 0 Å². The van der Waals surface area contributed by atoms with Crippen molar-refractivity contribution in [2.75, 3.05) is 0 Å². The van der Waals surface area contributed by atoms with Gasteiger partial charge in [-0.25, -0.2) is 0 Å². The van der Waals surface area contributed by atoms with E-state index in [0.29, 0.717) is 12.0 Å². The van der Waals surface area contributed by atoms with Crippen LogP contribution < -0.4 is 5.73 Å². The third-order valence-corrected chi connectivity index (χ3v) is 1.95. The van der Waals surface area contributed by atoms with E-state index in [1.165, 1.54) is 0 Å². The summed E-state index contributed by atoms with van der Waals surface area (Å²) in [5, 5.41) is 0. The number of carbonyl (C=O) groups excluding carboxylic acids is 1. The van der Waals surface area contributed by atoms with Crippen LogP contribution in [-0.4, -0.2) is 5.91 Å². The highest BCUT2D eigenvalue weighted by atomic mass is 79.9. The molecular weight excluding hydrogens is 230 g/mol. The first kappa shape index (κ1) is 9.99. The van der Waals surface area contributed by atoms with Crippen LogP contribution in [0, 0.1) is 0 Å². The number of carbonyl (C=O) groups is 1. The quantitative estimate of drug-likeness (QED) is 0.864. The lowest BCUT2D eigenvalue weighted by Crippen LogP contribution is -2.13. The predicted octanol–water partition coefficient (Wildman–Crippen LogP) is 2.24. The molecule has 0 unspecified atom stereocenters. The van der Waals surface area contributed by atoms with Crippen molar-refractivity contribution < 1.29 is 4.79 Å². The van der Waals surface area contributed by atoms with Crippen LogP contribution in [0.3, 0.4) is 0 Å². The average molecular weight is 240 g/mol. The number of amides is 1. The zero-order valence-corrected chi connectivity index (χ0v) is 8.67. The lowest BCUT2D eigenvalue weighted by molar-refractivity contribution is 0.0999. The topological polar surface area (TPSA) is 43.1 Å². The Kier molecular flexibility index (Phi) is 3.25. The summed E-state index contributed by atoms with van der Waals surface area (Å²) in [5.41, 5.74) is 6.66. The van der Waals surface area contributed by atoms with Gasteiger partial charge in [0.1, 0.15) is 0 Å². The van der Waals surface area contributed by atoms with Crippen LogP contribution in [0.5, 0.6) is 0 Å². The highest BCUT2D eigenvalue weighted by Crippen LogP contribution is 2.15. The van der Waals surface area contributed by atoms with E-state index in [0.717, 1.165) is 10.0 Å². The Morgan fingerprint density at radius 2 is 2.08 bits per heavy atom. The predicted molar refractivity (Wildman–Crippen MR) is 56.7 cm³/mol. The minimum Gasteiger partial charge on any atom is -0.366 e. The van der Waals surface area contributed by atoms with Crippen LogP contribution in [-0.2, 0) is 6.42 Å². The molecule has 2 nitrogen and oxygen atoms in total. The Morgan fingerprint density at radius 3 is 2.62 bits per heavy atom. The van der Waals surface area contributed by atoms with Gasteiger partial charge in [0.15, 0.2) is 0 Å². The summed E-state index contributed by atoms with van der Waals surface area (Å²) in [4.78, 5) is 11.0. The van der Waals surface area contributed by atoms with E-state index >= 15 is 0 Å². The molecule has 2 N–H and O–H groups in total. The van der Waals surface area contributed by atoms with Gasteiger partial charge in [0.05, 0.1) is 0 Å². The summed E-state index contributed by atoms with van der Waals surface area (Å²) in [7, 11) is 0. The van der Waals surface area contributed by atoms with E-state index in [2.05, 4.69) is 22.5 Å². The standard InChI is InChI=1S/C10H10BrNO/c1-7(11)6-8-4-2-3-5-9(8)10(12)13/h2-5H,1,6H2,(H2,12,13). The van der Waals surface area contributed by atoms with Gasteiger partial charge in [0.2, 0.25) is 5.91 Å². The number of primary amides is 1. The van der Waals surface area contributed by atoms with Gasteiger partial charge in [-0.15, -0.1) is 0 Å². The maximum atomic E-state index is 11.0. The minimum atomic E-state index is -0.399. The molecule has 0 radical (unpaired) electrons. The first-order valence-corrected chi connectivity index (χ1v) is 4.61. The minimum absolute atomic E-state index is 0.399. The largest absolute Gasteiger partial charge is 0.366 e. The monoisotopic (exact) mass is 239 g/mol. The second kappa shape index (κ2) is 4.23. The van der Waals surface area contributed by atoms with Gasteiger partial charge < -0.3 is 5.73 Å². The van der Waals surface area contributed by atoms with Crippen LogP contribution in [0.15, 0.2) is 35.3 Å². The molecule has 13 heavy (non-hydrogen) atoms. The van der Waals surface area contributed by atoms with Crippen molar-refractivity contribution in [1.29, 1.82) is 0 Å². The number of halogens is 1. The third kappa shape index (κ3) is 2.70. The molecule has 68 valence electrons. The molecule has 0 aromatic heterocycles. The van der Waals surface area contributed by atoms with Gasteiger partial charge in [-0.05, 0) is 16.1 Å². The lowest BCUT2D eigenvalue weighted by atomic mass is 10.0. The summed E-state index contributed by atoms with van der Waals surface area (Å²) in [5.74, 6) is -0.399. The second-order valence-corrected chi connectivity index (χ2v) is 3.84. The Balaban J connectivity index is 3.04. The van der Waals surface area contributed by atoms with Crippen molar-refractivity contribution in [3.63, 3.8) is 0 Å². The molecule has 0 heterocycles. The molecule has 0 spiro atoms. The van der Waals surface area contributed by atoms with E-state index in [-0.39, 0.29) is 0 Å².